The third kappa shape index (κ3) is 4.63. The van der Waals surface area contributed by atoms with E-state index in [1.54, 1.807) is 12.1 Å². The second kappa shape index (κ2) is 5.82. The molecule has 0 bridgehead atoms. The molecule has 0 spiro atoms. The van der Waals surface area contributed by atoms with Crippen LogP contribution in [0, 0.1) is 5.92 Å². The molecule has 1 aromatic rings. The first-order valence-electron chi connectivity index (χ1n) is 6.12. The second-order valence-corrected chi connectivity index (χ2v) is 6.82. The number of hydrogen-bond donors (Lipinski definition) is 0. The average molecular weight is 377 g/mol. The Balaban J connectivity index is 3.14. The highest BCUT2D eigenvalue weighted by atomic mass is 79.9. The van der Waals surface area contributed by atoms with Crippen LogP contribution in [-0.2, 0) is 5.41 Å². The molecule has 0 aromatic heterocycles. The summed E-state index contributed by atoms with van der Waals surface area (Å²) in [6, 6.07) is 5.69. The van der Waals surface area contributed by atoms with E-state index >= 15 is 0 Å². The molecule has 0 saturated carbocycles. The van der Waals surface area contributed by atoms with E-state index in [2.05, 4.69) is 15.9 Å². The van der Waals surface area contributed by atoms with Crippen molar-refractivity contribution in [3.8, 4) is 0 Å². The van der Waals surface area contributed by atoms with E-state index in [1.807, 2.05) is 20.8 Å². The highest BCUT2D eigenvalue weighted by Gasteiger charge is 2.59. The number of rotatable bonds is 2. The van der Waals surface area contributed by atoms with Crippen molar-refractivity contribution in [3.63, 3.8) is 0 Å². The van der Waals surface area contributed by atoms with Gasteiger partial charge >= 0.3 is 12.4 Å². The molecule has 7 heteroatoms. The van der Waals surface area contributed by atoms with Gasteiger partial charge in [0.25, 0.3) is 0 Å². The minimum atomic E-state index is -5.37. The van der Waals surface area contributed by atoms with Gasteiger partial charge in [0.05, 0.1) is 4.83 Å². The van der Waals surface area contributed by atoms with Crippen molar-refractivity contribution in [1.82, 2.24) is 0 Å². The molecular formula is C14H15BrF6. The van der Waals surface area contributed by atoms with Crippen molar-refractivity contribution in [1.29, 1.82) is 0 Å². The molecule has 0 radical (unpaired) electrons. The molecule has 0 saturated heterocycles. The first-order chi connectivity index (χ1) is 9.24. The van der Waals surface area contributed by atoms with Gasteiger partial charge in [-0.2, -0.15) is 26.3 Å². The van der Waals surface area contributed by atoms with E-state index < -0.39 is 23.1 Å². The molecule has 0 heterocycles. The molecule has 0 aliphatic carbocycles. The first kappa shape index (κ1) is 18.3. The zero-order valence-electron chi connectivity index (χ0n) is 11.6. The lowest BCUT2D eigenvalue weighted by atomic mass is 9.86. The minimum absolute atomic E-state index is 0.0531. The Kier molecular flexibility index (Phi) is 5.08. The molecular weight excluding hydrogens is 362 g/mol. The van der Waals surface area contributed by atoms with E-state index in [0.29, 0.717) is 0 Å². The fourth-order valence-electron chi connectivity index (χ4n) is 1.88. The van der Waals surface area contributed by atoms with Crippen molar-refractivity contribution < 1.29 is 26.3 Å². The van der Waals surface area contributed by atoms with Gasteiger partial charge in [-0.25, -0.2) is 0 Å². The Morgan fingerprint density at radius 3 is 1.48 bits per heavy atom. The van der Waals surface area contributed by atoms with Crippen LogP contribution in [0.1, 0.15) is 36.7 Å². The molecule has 0 fully saturated rings. The van der Waals surface area contributed by atoms with Crippen LogP contribution in [0.25, 0.3) is 0 Å². The normalized spacial score (nSPS) is 15.4. The molecule has 1 aromatic carbocycles. The molecule has 0 nitrogen and oxygen atoms in total. The summed E-state index contributed by atoms with van der Waals surface area (Å²) in [6.45, 7) is 5.71. The average Bonchev–Trinajstić information content (AvgIpc) is 2.24. The van der Waals surface area contributed by atoms with Crippen molar-refractivity contribution in [2.75, 3.05) is 0 Å². The molecule has 0 aliphatic heterocycles. The highest BCUT2D eigenvalue weighted by molar-refractivity contribution is 9.09. The van der Waals surface area contributed by atoms with Gasteiger partial charge in [-0.3, -0.25) is 0 Å². The van der Waals surface area contributed by atoms with Crippen molar-refractivity contribution in [2.24, 2.45) is 5.92 Å². The molecule has 0 N–H and O–H groups in total. The smallest absolute Gasteiger partial charge is 0.170 e. The van der Waals surface area contributed by atoms with Gasteiger partial charge in [0.2, 0.25) is 0 Å². The maximum atomic E-state index is 12.7. The third-order valence-corrected chi connectivity index (χ3v) is 4.15. The van der Waals surface area contributed by atoms with Crippen LogP contribution < -0.4 is 0 Å². The third-order valence-electron chi connectivity index (χ3n) is 3.09. The van der Waals surface area contributed by atoms with E-state index in [4.69, 9.17) is 0 Å². The van der Waals surface area contributed by atoms with Crippen LogP contribution in [-0.4, -0.2) is 12.4 Å². The van der Waals surface area contributed by atoms with E-state index in [0.717, 1.165) is 5.56 Å². The van der Waals surface area contributed by atoms with E-state index in [9.17, 15) is 26.3 Å². The Labute approximate surface area is 127 Å². The van der Waals surface area contributed by atoms with E-state index in [-0.39, 0.29) is 11.0 Å². The molecule has 0 aliphatic rings. The van der Waals surface area contributed by atoms with Gasteiger partial charge in [0.15, 0.2) is 5.92 Å². The van der Waals surface area contributed by atoms with Gasteiger partial charge < -0.3 is 0 Å². The first-order valence-corrected chi connectivity index (χ1v) is 7.04. The van der Waals surface area contributed by atoms with Gasteiger partial charge in [-0.1, -0.05) is 61.0 Å². The SMILES string of the molecule is CC(C)(C)c1ccc(C(Br)C(C(F)(F)F)C(F)(F)F)cc1. The lowest BCUT2D eigenvalue weighted by Crippen LogP contribution is -2.39. The quantitative estimate of drug-likeness (QED) is 0.428. The largest absolute Gasteiger partial charge is 0.401 e. The number of benzene rings is 1. The van der Waals surface area contributed by atoms with Crippen LogP contribution >= 0.6 is 15.9 Å². The highest BCUT2D eigenvalue weighted by Crippen LogP contribution is 2.50. The number of halogens is 7. The predicted molar refractivity (Wildman–Crippen MR) is 72.4 cm³/mol. The summed E-state index contributed by atoms with van der Waals surface area (Å²) in [7, 11) is 0. The Morgan fingerprint density at radius 1 is 0.810 bits per heavy atom. The van der Waals surface area contributed by atoms with Crippen LogP contribution in [0.4, 0.5) is 26.3 Å². The Morgan fingerprint density at radius 2 is 1.19 bits per heavy atom. The van der Waals surface area contributed by atoms with Gasteiger partial charge in [-0.05, 0) is 16.5 Å². The van der Waals surface area contributed by atoms with Gasteiger partial charge in [0.1, 0.15) is 0 Å². The van der Waals surface area contributed by atoms with Crippen molar-refractivity contribution in [2.45, 2.75) is 43.4 Å². The topological polar surface area (TPSA) is 0 Å². The van der Waals surface area contributed by atoms with Crippen LogP contribution in [0.5, 0.6) is 0 Å². The summed E-state index contributed by atoms with van der Waals surface area (Å²) >= 11 is 2.56. The molecule has 1 rings (SSSR count). The summed E-state index contributed by atoms with van der Waals surface area (Å²) in [5.74, 6) is -3.44. The molecule has 1 atom stereocenters. The zero-order valence-corrected chi connectivity index (χ0v) is 13.2. The molecule has 1 unspecified atom stereocenters. The lowest BCUT2D eigenvalue weighted by molar-refractivity contribution is -0.283. The Bertz CT molecular complexity index is 452. The van der Waals surface area contributed by atoms with Crippen molar-refractivity contribution >= 4 is 15.9 Å². The zero-order chi connectivity index (χ0) is 16.6. The van der Waals surface area contributed by atoms with Gasteiger partial charge in [0, 0.05) is 0 Å². The standard InChI is InChI=1S/C14H15BrF6/c1-12(2,3)9-6-4-8(5-7-9)10(15)11(13(16,17)18)14(19,20)21/h4-7,10-11H,1-3H3. The van der Waals surface area contributed by atoms with Crippen LogP contribution in [0.15, 0.2) is 24.3 Å². The molecule has 120 valence electrons. The van der Waals surface area contributed by atoms with Crippen LogP contribution in [0.2, 0.25) is 0 Å². The summed E-state index contributed by atoms with van der Waals surface area (Å²) < 4.78 is 76.0. The summed E-state index contributed by atoms with van der Waals surface area (Å²) in [4.78, 5) is -1.87. The maximum absolute atomic E-state index is 12.7. The fourth-order valence-corrected chi connectivity index (χ4v) is 2.78. The fraction of sp³-hybridized carbons (Fsp3) is 0.571. The number of alkyl halides is 7. The predicted octanol–water partition coefficient (Wildman–Crippen LogP) is 6.16. The minimum Gasteiger partial charge on any atom is -0.170 e. The van der Waals surface area contributed by atoms with Gasteiger partial charge in [-0.15, -0.1) is 0 Å². The lowest BCUT2D eigenvalue weighted by Gasteiger charge is -2.28. The Hall–Kier alpha value is -0.720. The van der Waals surface area contributed by atoms with E-state index in [1.165, 1.54) is 12.1 Å². The van der Waals surface area contributed by atoms with Crippen molar-refractivity contribution in [3.05, 3.63) is 35.4 Å². The molecule has 0 amide bonds. The summed E-state index contributed by atoms with van der Waals surface area (Å²) in [5.41, 5.74) is 0.553. The monoisotopic (exact) mass is 376 g/mol. The molecule has 21 heavy (non-hydrogen) atoms. The van der Waals surface area contributed by atoms with Crippen LogP contribution in [0.3, 0.4) is 0 Å². The summed E-state index contributed by atoms with van der Waals surface area (Å²) in [5, 5.41) is 0. The second-order valence-electron chi connectivity index (χ2n) is 5.83. The summed E-state index contributed by atoms with van der Waals surface area (Å²) in [6.07, 6.45) is -10.7. The maximum Gasteiger partial charge on any atom is 0.401 e. The number of hydrogen-bond acceptors (Lipinski definition) is 0.